The van der Waals surface area contributed by atoms with Crippen LogP contribution in [0.3, 0.4) is 0 Å². The van der Waals surface area contributed by atoms with Gasteiger partial charge in [0, 0.05) is 30.7 Å². The molecule has 2 aliphatic rings. The van der Waals surface area contributed by atoms with Crippen LogP contribution in [-0.4, -0.2) is 44.8 Å². The van der Waals surface area contributed by atoms with E-state index in [1.165, 1.54) is 5.56 Å². The van der Waals surface area contributed by atoms with E-state index in [0.717, 1.165) is 55.8 Å². The molecule has 0 spiro atoms. The number of anilines is 1. The van der Waals surface area contributed by atoms with Gasteiger partial charge in [-0.05, 0) is 73.9 Å². The number of carbonyl (C=O) groups excluding carboxylic acids is 1. The summed E-state index contributed by atoms with van der Waals surface area (Å²) in [6, 6.07) is 7.36. The molecule has 8 heteroatoms. The van der Waals surface area contributed by atoms with Crippen molar-refractivity contribution >= 4 is 34.8 Å². The maximum atomic E-state index is 13.2. The van der Waals surface area contributed by atoms with E-state index in [2.05, 4.69) is 16.1 Å². The highest BCUT2D eigenvalue weighted by Gasteiger charge is 2.30. The minimum absolute atomic E-state index is 0.00114. The molecule has 1 aliphatic carbocycles. The fourth-order valence-electron chi connectivity index (χ4n) is 4.51. The second kappa shape index (κ2) is 9.09. The molecule has 2 aromatic heterocycles. The number of hydrogen-bond acceptors (Lipinski definition) is 5. The Kier molecular flexibility index (Phi) is 6.16. The van der Waals surface area contributed by atoms with Crippen LogP contribution in [0, 0.1) is 6.92 Å². The van der Waals surface area contributed by atoms with Crippen LogP contribution >= 0.6 is 23.2 Å². The van der Waals surface area contributed by atoms with Crippen LogP contribution < -0.4 is 4.90 Å². The average Bonchev–Trinajstić information content (AvgIpc) is 3.57. The number of ketones is 1. The maximum absolute atomic E-state index is 13.2. The standard InChI is InChI=1S/C25H26Cl2N4O2/c1-15-21(14-29-31(15)23-5-4-18(26)12-22(23)27)24(33)11-16-10-20(17-2-3-17)25(28-13-16)30-8-6-19(32)7-9-30/h4-5,10,12-14,17,19,32H,2-3,6-9,11H2,1H3. The van der Waals surface area contributed by atoms with Gasteiger partial charge in [-0.15, -0.1) is 0 Å². The van der Waals surface area contributed by atoms with Gasteiger partial charge in [0.25, 0.3) is 0 Å². The second-order valence-electron chi connectivity index (χ2n) is 9.00. The average molecular weight is 485 g/mol. The van der Waals surface area contributed by atoms with Gasteiger partial charge < -0.3 is 10.0 Å². The molecule has 33 heavy (non-hydrogen) atoms. The summed E-state index contributed by atoms with van der Waals surface area (Å²) in [6.45, 7) is 3.50. The van der Waals surface area contributed by atoms with E-state index in [4.69, 9.17) is 28.2 Å². The molecule has 0 unspecified atom stereocenters. The minimum Gasteiger partial charge on any atom is -0.393 e. The number of hydrogen-bond donors (Lipinski definition) is 1. The van der Waals surface area contributed by atoms with Gasteiger partial charge in [-0.2, -0.15) is 5.10 Å². The van der Waals surface area contributed by atoms with Crippen molar-refractivity contribution in [3.05, 3.63) is 69.1 Å². The molecule has 1 aliphatic heterocycles. The van der Waals surface area contributed by atoms with E-state index < -0.39 is 0 Å². The van der Waals surface area contributed by atoms with Crippen molar-refractivity contribution in [1.82, 2.24) is 14.8 Å². The third kappa shape index (κ3) is 4.65. The third-order valence-electron chi connectivity index (χ3n) is 6.55. The lowest BCUT2D eigenvalue weighted by Gasteiger charge is -2.32. The predicted octanol–water partition coefficient (Wildman–Crippen LogP) is 5.15. The van der Waals surface area contributed by atoms with Gasteiger partial charge >= 0.3 is 0 Å². The first-order valence-corrected chi connectivity index (χ1v) is 12.1. The Balaban J connectivity index is 1.37. The van der Waals surface area contributed by atoms with Crippen molar-refractivity contribution in [2.24, 2.45) is 0 Å². The fraction of sp³-hybridized carbons (Fsp3) is 0.400. The first-order chi connectivity index (χ1) is 15.9. The van der Waals surface area contributed by atoms with E-state index in [1.54, 1.807) is 29.1 Å². The molecule has 5 rings (SSSR count). The van der Waals surface area contributed by atoms with Crippen molar-refractivity contribution in [2.45, 2.75) is 51.0 Å². The highest BCUT2D eigenvalue weighted by molar-refractivity contribution is 6.35. The van der Waals surface area contributed by atoms with Gasteiger partial charge in [0.15, 0.2) is 5.78 Å². The lowest BCUT2D eigenvalue weighted by atomic mass is 10.0. The van der Waals surface area contributed by atoms with Crippen LogP contribution in [0.1, 0.15) is 58.8 Å². The van der Waals surface area contributed by atoms with Gasteiger partial charge in [0.2, 0.25) is 0 Å². The van der Waals surface area contributed by atoms with Gasteiger partial charge in [0.05, 0.1) is 34.3 Å². The molecule has 0 radical (unpaired) electrons. The molecule has 6 nitrogen and oxygen atoms in total. The van der Waals surface area contributed by atoms with Gasteiger partial charge in [-0.3, -0.25) is 4.79 Å². The summed E-state index contributed by atoms with van der Waals surface area (Å²) < 4.78 is 1.67. The van der Waals surface area contributed by atoms with Crippen molar-refractivity contribution in [3.63, 3.8) is 0 Å². The zero-order chi connectivity index (χ0) is 23.1. The molecule has 1 saturated heterocycles. The van der Waals surface area contributed by atoms with Crippen LogP contribution in [-0.2, 0) is 6.42 Å². The van der Waals surface area contributed by atoms with Crippen LogP contribution in [0.4, 0.5) is 5.82 Å². The Bertz CT molecular complexity index is 1200. The van der Waals surface area contributed by atoms with E-state index in [1.807, 2.05) is 13.1 Å². The minimum atomic E-state index is -0.213. The maximum Gasteiger partial charge on any atom is 0.170 e. The Morgan fingerprint density at radius 3 is 2.58 bits per heavy atom. The smallest absolute Gasteiger partial charge is 0.170 e. The number of aliphatic hydroxyl groups excluding tert-OH is 1. The lowest BCUT2D eigenvalue weighted by molar-refractivity contribution is 0.0992. The number of piperidine rings is 1. The molecule has 0 atom stereocenters. The van der Waals surface area contributed by atoms with E-state index in [-0.39, 0.29) is 18.3 Å². The quantitative estimate of drug-likeness (QED) is 0.490. The Morgan fingerprint density at radius 2 is 1.88 bits per heavy atom. The summed E-state index contributed by atoms with van der Waals surface area (Å²) in [5.41, 5.74) is 4.15. The monoisotopic (exact) mass is 484 g/mol. The number of Topliss-reactive ketones (excluding diaryl/α,β-unsaturated/α-hetero) is 1. The van der Waals surface area contributed by atoms with E-state index >= 15 is 0 Å². The predicted molar refractivity (Wildman–Crippen MR) is 130 cm³/mol. The topological polar surface area (TPSA) is 71.2 Å². The van der Waals surface area contributed by atoms with Gasteiger partial charge in [-0.25, -0.2) is 9.67 Å². The fourth-order valence-corrected chi connectivity index (χ4v) is 5.00. The van der Waals surface area contributed by atoms with Crippen molar-refractivity contribution in [2.75, 3.05) is 18.0 Å². The van der Waals surface area contributed by atoms with Crippen LogP contribution in [0.15, 0.2) is 36.7 Å². The first-order valence-electron chi connectivity index (χ1n) is 11.4. The summed E-state index contributed by atoms with van der Waals surface area (Å²) in [6.07, 6.45) is 7.35. The molecular weight excluding hydrogens is 459 g/mol. The molecule has 1 N–H and O–H groups in total. The zero-order valence-electron chi connectivity index (χ0n) is 18.5. The molecule has 1 aromatic carbocycles. The van der Waals surface area contributed by atoms with Crippen LogP contribution in [0.25, 0.3) is 5.69 Å². The second-order valence-corrected chi connectivity index (χ2v) is 9.84. The number of halogens is 2. The Labute approximate surface area is 203 Å². The Morgan fingerprint density at radius 1 is 1.12 bits per heavy atom. The van der Waals surface area contributed by atoms with E-state index in [9.17, 15) is 9.90 Å². The van der Waals surface area contributed by atoms with Crippen molar-refractivity contribution in [1.29, 1.82) is 0 Å². The number of carbonyl (C=O) groups is 1. The molecule has 0 bridgehead atoms. The number of aromatic nitrogens is 3. The number of pyridine rings is 1. The summed E-state index contributed by atoms with van der Waals surface area (Å²) in [5.74, 6) is 1.54. The zero-order valence-corrected chi connectivity index (χ0v) is 20.0. The molecule has 0 amide bonds. The molecule has 2 fully saturated rings. The molecule has 3 heterocycles. The van der Waals surface area contributed by atoms with Crippen molar-refractivity contribution in [3.8, 4) is 5.69 Å². The normalized spacial score (nSPS) is 16.9. The summed E-state index contributed by atoms with van der Waals surface area (Å²) in [7, 11) is 0. The Hall–Kier alpha value is -2.41. The highest BCUT2D eigenvalue weighted by Crippen LogP contribution is 2.44. The number of benzene rings is 1. The van der Waals surface area contributed by atoms with Gasteiger partial charge in [0.1, 0.15) is 5.82 Å². The van der Waals surface area contributed by atoms with E-state index in [0.29, 0.717) is 27.2 Å². The molecular formula is C25H26Cl2N4O2. The number of nitrogens with zero attached hydrogens (tertiary/aromatic N) is 4. The first kappa shape index (κ1) is 22.4. The largest absolute Gasteiger partial charge is 0.393 e. The number of rotatable bonds is 6. The van der Waals surface area contributed by atoms with Crippen LogP contribution in [0.5, 0.6) is 0 Å². The molecule has 1 saturated carbocycles. The lowest BCUT2D eigenvalue weighted by Crippen LogP contribution is -2.36. The van der Waals surface area contributed by atoms with Crippen LogP contribution in [0.2, 0.25) is 10.0 Å². The number of aliphatic hydroxyl groups is 1. The highest BCUT2D eigenvalue weighted by atomic mass is 35.5. The van der Waals surface area contributed by atoms with Gasteiger partial charge in [-0.1, -0.05) is 23.2 Å². The molecule has 3 aromatic rings. The summed E-state index contributed by atoms with van der Waals surface area (Å²) in [5, 5.41) is 15.3. The summed E-state index contributed by atoms with van der Waals surface area (Å²) in [4.78, 5) is 20.2. The molecule has 172 valence electrons. The SMILES string of the molecule is Cc1c(C(=O)Cc2cnc(N3CCC(O)CC3)c(C3CC3)c2)cnn1-c1ccc(Cl)cc1Cl. The summed E-state index contributed by atoms with van der Waals surface area (Å²) >= 11 is 12.3. The van der Waals surface area contributed by atoms with Crippen molar-refractivity contribution < 1.29 is 9.90 Å². The third-order valence-corrected chi connectivity index (χ3v) is 7.08.